The molecule has 3 aromatic rings. The van der Waals surface area contributed by atoms with E-state index in [4.69, 9.17) is 9.47 Å². The summed E-state index contributed by atoms with van der Waals surface area (Å²) in [5.41, 5.74) is -1.61. The number of benzene rings is 1. The molecule has 182 valence electrons. The Morgan fingerprint density at radius 2 is 1.86 bits per heavy atom. The van der Waals surface area contributed by atoms with Crippen LogP contribution in [0.15, 0.2) is 41.3 Å². The molecule has 0 amide bonds. The second-order valence-corrected chi connectivity index (χ2v) is 8.86. The number of hydrogen-bond acceptors (Lipinski definition) is 6. The van der Waals surface area contributed by atoms with E-state index >= 15 is 0 Å². The number of ether oxygens (including phenoxy) is 2. The lowest BCUT2D eigenvalue weighted by Crippen LogP contribution is -2.28. The number of halogens is 5. The van der Waals surface area contributed by atoms with Crippen LogP contribution in [0.3, 0.4) is 0 Å². The number of hydrogen-bond donors (Lipinski definition) is 0. The third-order valence-corrected chi connectivity index (χ3v) is 6.52. The number of rotatable bonds is 5. The molecule has 0 N–H and O–H groups in total. The number of alkyl halides is 3. The molecular formula is C23H17F5N4O3. The van der Waals surface area contributed by atoms with Crippen molar-refractivity contribution in [2.45, 2.75) is 44.3 Å². The first-order chi connectivity index (χ1) is 16.7. The number of fused-ring (bicyclic) bond motifs is 5. The van der Waals surface area contributed by atoms with E-state index in [-0.39, 0.29) is 24.1 Å². The van der Waals surface area contributed by atoms with E-state index in [1.807, 2.05) is 0 Å². The summed E-state index contributed by atoms with van der Waals surface area (Å²) in [5, 5.41) is 0. The van der Waals surface area contributed by atoms with Crippen LogP contribution >= 0.6 is 0 Å². The Balaban J connectivity index is 1.19. The Hall–Kier alpha value is -3.70. The Kier molecular flexibility index (Phi) is 4.77. The third kappa shape index (κ3) is 3.86. The van der Waals surface area contributed by atoms with Crippen molar-refractivity contribution in [2.75, 3.05) is 4.90 Å². The average molecular weight is 492 g/mol. The van der Waals surface area contributed by atoms with Crippen LogP contribution in [-0.2, 0) is 19.3 Å². The zero-order valence-electron chi connectivity index (χ0n) is 17.9. The van der Waals surface area contributed by atoms with Gasteiger partial charge in [0.05, 0.1) is 0 Å². The average Bonchev–Trinajstić information content (AvgIpc) is 3.30. The highest BCUT2D eigenvalue weighted by atomic mass is 19.4. The molecule has 1 aromatic carbocycles. The van der Waals surface area contributed by atoms with Crippen LogP contribution in [0.5, 0.6) is 17.4 Å². The predicted octanol–water partition coefficient (Wildman–Crippen LogP) is 4.29. The van der Waals surface area contributed by atoms with Crippen LogP contribution in [0.1, 0.15) is 24.1 Å². The van der Waals surface area contributed by atoms with Crippen molar-refractivity contribution in [3.63, 3.8) is 0 Å². The van der Waals surface area contributed by atoms with Crippen LogP contribution in [-0.4, -0.2) is 26.6 Å². The fourth-order valence-corrected chi connectivity index (χ4v) is 4.92. The monoisotopic (exact) mass is 492 g/mol. The SMILES string of the molecule is O=c1nc(OCc2cc(F)c(Oc3ccnc(C(F)(F)F)c3)c(F)c2)cc2n1C[C@H]1CC3CC3N21. The first-order valence-electron chi connectivity index (χ1n) is 10.9. The zero-order valence-corrected chi connectivity index (χ0v) is 17.9. The van der Waals surface area contributed by atoms with E-state index in [9.17, 15) is 26.7 Å². The van der Waals surface area contributed by atoms with Crippen LogP contribution < -0.4 is 20.1 Å². The molecule has 2 fully saturated rings. The molecule has 0 spiro atoms. The predicted molar refractivity (Wildman–Crippen MR) is 111 cm³/mol. The molecule has 7 nitrogen and oxygen atoms in total. The van der Waals surface area contributed by atoms with Crippen molar-refractivity contribution >= 4 is 5.82 Å². The van der Waals surface area contributed by atoms with Gasteiger partial charge in [-0.3, -0.25) is 9.55 Å². The van der Waals surface area contributed by atoms with Gasteiger partial charge < -0.3 is 14.4 Å². The molecule has 1 aliphatic carbocycles. The van der Waals surface area contributed by atoms with Crippen LogP contribution in [0, 0.1) is 17.6 Å². The van der Waals surface area contributed by atoms with Gasteiger partial charge in [0.2, 0.25) is 5.88 Å². The number of pyridine rings is 1. The molecular weight excluding hydrogens is 475 g/mol. The Labute approximate surface area is 194 Å². The maximum absolute atomic E-state index is 14.6. The molecule has 12 heteroatoms. The molecule has 1 saturated heterocycles. The highest BCUT2D eigenvalue weighted by molar-refractivity contribution is 5.52. The van der Waals surface area contributed by atoms with E-state index in [1.165, 1.54) is 0 Å². The third-order valence-electron chi connectivity index (χ3n) is 6.52. The Bertz CT molecular complexity index is 1370. The fourth-order valence-electron chi connectivity index (χ4n) is 4.92. The molecule has 35 heavy (non-hydrogen) atoms. The van der Waals surface area contributed by atoms with Gasteiger partial charge in [-0.05, 0) is 42.5 Å². The maximum Gasteiger partial charge on any atom is 0.433 e. The van der Waals surface area contributed by atoms with Crippen LogP contribution in [0.4, 0.5) is 27.8 Å². The molecule has 6 rings (SSSR count). The first kappa shape index (κ1) is 21.8. The second-order valence-electron chi connectivity index (χ2n) is 8.86. The van der Waals surface area contributed by atoms with Gasteiger partial charge in [0.25, 0.3) is 0 Å². The number of aromatic nitrogens is 3. The molecule has 2 aromatic heterocycles. The summed E-state index contributed by atoms with van der Waals surface area (Å²) in [6.45, 7) is 0.307. The van der Waals surface area contributed by atoms with Crippen molar-refractivity contribution in [1.29, 1.82) is 0 Å². The van der Waals surface area contributed by atoms with E-state index in [2.05, 4.69) is 14.9 Å². The Morgan fingerprint density at radius 1 is 1.09 bits per heavy atom. The summed E-state index contributed by atoms with van der Waals surface area (Å²) in [7, 11) is 0. The molecule has 3 atom stereocenters. The topological polar surface area (TPSA) is 69.5 Å². The van der Waals surface area contributed by atoms with E-state index < -0.39 is 40.7 Å². The number of anilines is 1. The maximum atomic E-state index is 14.6. The van der Waals surface area contributed by atoms with Crippen molar-refractivity contribution in [2.24, 2.45) is 5.92 Å². The van der Waals surface area contributed by atoms with Gasteiger partial charge in [0.1, 0.15) is 23.9 Å². The summed E-state index contributed by atoms with van der Waals surface area (Å²) in [6, 6.07) is 5.86. The minimum absolute atomic E-state index is 0.0450. The highest BCUT2D eigenvalue weighted by Gasteiger charge is 2.55. The van der Waals surface area contributed by atoms with Gasteiger partial charge in [-0.25, -0.2) is 13.6 Å². The summed E-state index contributed by atoms with van der Waals surface area (Å²) < 4.78 is 79.8. The van der Waals surface area contributed by atoms with Crippen molar-refractivity contribution < 1.29 is 31.4 Å². The van der Waals surface area contributed by atoms with E-state index in [0.29, 0.717) is 24.6 Å². The molecule has 3 aliphatic rings. The highest BCUT2D eigenvalue weighted by Crippen LogP contribution is 2.52. The van der Waals surface area contributed by atoms with Crippen LogP contribution in [0.2, 0.25) is 0 Å². The Morgan fingerprint density at radius 3 is 2.60 bits per heavy atom. The standard InChI is InChI=1S/C23H17F5N4O3/c24-15-3-11(4-16(25)21(15)35-14-1-2-29-18(7-14)23(26,27)28)10-34-19-8-20-31(22(33)30-19)9-13-5-12-6-17(12)32(13)20/h1-4,7-8,12-13,17H,5-6,9-10H2/t12?,13-,17?/m1/s1. The van der Waals surface area contributed by atoms with Gasteiger partial charge in [-0.15, -0.1) is 0 Å². The van der Waals surface area contributed by atoms with Crippen LogP contribution in [0.25, 0.3) is 0 Å². The molecule has 4 heterocycles. The lowest BCUT2D eigenvalue weighted by molar-refractivity contribution is -0.141. The summed E-state index contributed by atoms with van der Waals surface area (Å²) in [6.07, 6.45) is -1.75. The largest absolute Gasteiger partial charge is 0.473 e. The fraction of sp³-hybridized carbons (Fsp3) is 0.348. The quantitative estimate of drug-likeness (QED) is 0.495. The van der Waals surface area contributed by atoms with Gasteiger partial charge in [-0.2, -0.15) is 18.2 Å². The lowest BCUT2D eigenvalue weighted by atomic mass is 10.2. The van der Waals surface area contributed by atoms with Gasteiger partial charge in [0, 0.05) is 37.0 Å². The molecule has 0 radical (unpaired) electrons. The first-order valence-corrected chi connectivity index (χ1v) is 10.9. The van der Waals surface area contributed by atoms with E-state index in [1.54, 1.807) is 10.6 Å². The summed E-state index contributed by atoms with van der Waals surface area (Å²) in [5.74, 6) is -2.09. The minimum Gasteiger partial charge on any atom is -0.473 e. The lowest BCUT2D eigenvalue weighted by Gasteiger charge is -2.20. The number of nitrogens with zero attached hydrogens (tertiary/aromatic N) is 4. The van der Waals surface area contributed by atoms with Gasteiger partial charge >= 0.3 is 11.9 Å². The van der Waals surface area contributed by atoms with Gasteiger partial charge in [-0.1, -0.05) is 0 Å². The normalized spacial score (nSPS) is 22.0. The number of piperidine rings is 1. The van der Waals surface area contributed by atoms with Crippen molar-refractivity contribution in [3.8, 4) is 17.4 Å². The molecule has 2 aliphatic heterocycles. The van der Waals surface area contributed by atoms with E-state index in [0.717, 1.165) is 43.1 Å². The van der Waals surface area contributed by atoms with Gasteiger partial charge in [0.15, 0.2) is 17.4 Å². The van der Waals surface area contributed by atoms with Crippen molar-refractivity contribution in [3.05, 3.63) is 69.9 Å². The molecule has 1 saturated carbocycles. The summed E-state index contributed by atoms with van der Waals surface area (Å²) in [4.78, 5) is 21.8. The zero-order chi connectivity index (χ0) is 24.5. The summed E-state index contributed by atoms with van der Waals surface area (Å²) >= 11 is 0. The van der Waals surface area contributed by atoms with Crippen molar-refractivity contribution in [1.82, 2.24) is 14.5 Å². The molecule has 0 bridgehead atoms. The molecule has 2 unspecified atom stereocenters. The second kappa shape index (κ2) is 7.65. The minimum atomic E-state index is -4.73. The smallest absolute Gasteiger partial charge is 0.433 e.